The summed E-state index contributed by atoms with van der Waals surface area (Å²) in [5.74, 6) is -0.180. The lowest BCUT2D eigenvalue weighted by Gasteiger charge is -2.09. The smallest absolute Gasteiger partial charge is 0.344 e. The summed E-state index contributed by atoms with van der Waals surface area (Å²) in [5, 5.41) is 11.2. The van der Waals surface area contributed by atoms with Crippen molar-refractivity contribution >= 4 is 40.1 Å². The first-order valence-corrected chi connectivity index (χ1v) is 11.9. The number of esters is 1. The van der Waals surface area contributed by atoms with E-state index < -0.39 is 11.4 Å². The van der Waals surface area contributed by atoms with Crippen LogP contribution < -0.4 is 15.5 Å². The number of thioether (sulfide) groups is 1. The number of rotatable bonds is 9. The summed E-state index contributed by atoms with van der Waals surface area (Å²) in [6, 6.07) is 8.24. The molecular weight excluding hydrogens is 450 g/mol. The zero-order chi connectivity index (χ0) is 23.1. The number of hydrogen-bond acceptors (Lipinski definition) is 9. The summed E-state index contributed by atoms with van der Waals surface area (Å²) in [7, 11) is 0. The molecule has 0 saturated carbocycles. The van der Waals surface area contributed by atoms with Crippen LogP contribution in [0.5, 0.6) is 5.75 Å². The van der Waals surface area contributed by atoms with Crippen LogP contribution in [0.4, 0.5) is 5.13 Å². The first-order valence-electron chi connectivity index (χ1n) is 10.1. The van der Waals surface area contributed by atoms with E-state index in [-0.39, 0.29) is 17.6 Å². The molecular formula is C22H23N3O5S2. The van der Waals surface area contributed by atoms with Gasteiger partial charge in [-0.1, -0.05) is 55.1 Å². The van der Waals surface area contributed by atoms with Crippen LogP contribution in [0.2, 0.25) is 0 Å². The Morgan fingerprint density at radius 1 is 1.22 bits per heavy atom. The molecule has 2 heterocycles. The number of aryl methyl sites for hydroxylation is 1. The minimum atomic E-state index is -0.616. The SMILES string of the molecule is CCC(CC)C(=O)Nc1nnc(SCc2cc(=O)c(OC(=O)c3ccccc3C)co2)s1. The topological polar surface area (TPSA) is 111 Å². The number of nitrogens with zero attached hydrogens (tertiary/aromatic N) is 2. The Kier molecular flexibility index (Phi) is 8.18. The van der Waals surface area contributed by atoms with Crippen LogP contribution in [0, 0.1) is 12.8 Å². The summed E-state index contributed by atoms with van der Waals surface area (Å²) in [4.78, 5) is 36.8. The molecule has 0 spiro atoms. The van der Waals surface area contributed by atoms with E-state index in [1.165, 1.54) is 29.2 Å². The lowest BCUT2D eigenvalue weighted by molar-refractivity contribution is -0.120. The van der Waals surface area contributed by atoms with Crippen LogP contribution in [-0.4, -0.2) is 22.1 Å². The highest BCUT2D eigenvalue weighted by atomic mass is 32.2. The van der Waals surface area contributed by atoms with Crippen LogP contribution >= 0.6 is 23.1 Å². The maximum atomic E-state index is 12.3. The fraction of sp³-hybridized carbons (Fsp3) is 0.318. The molecule has 0 aliphatic heterocycles. The van der Waals surface area contributed by atoms with Gasteiger partial charge in [0.2, 0.25) is 22.2 Å². The third-order valence-corrected chi connectivity index (χ3v) is 6.75. The Labute approximate surface area is 193 Å². The van der Waals surface area contributed by atoms with Gasteiger partial charge < -0.3 is 14.5 Å². The average Bonchev–Trinajstić information content (AvgIpc) is 3.22. The number of aromatic nitrogens is 2. The molecule has 1 N–H and O–H groups in total. The van der Waals surface area contributed by atoms with Crippen molar-refractivity contribution in [1.29, 1.82) is 0 Å². The van der Waals surface area contributed by atoms with E-state index in [9.17, 15) is 14.4 Å². The molecule has 0 atom stereocenters. The molecule has 1 aromatic carbocycles. The first-order chi connectivity index (χ1) is 15.4. The van der Waals surface area contributed by atoms with Gasteiger partial charge in [-0.05, 0) is 31.4 Å². The maximum absolute atomic E-state index is 12.3. The van der Waals surface area contributed by atoms with Gasteiger partial charge in [0.1, 0.15) is 12.0 Å². The molecule has 0 aliphatic carbocycles. The maximum Gasteiger partial charge on any atom is 0.344 e. The third-order valence-electron chi connectivity index (χ3n) is 4.75. The number of ether oxygens (including phenoxy) is 1. The van der Waals surface area contributed by atoms with E-state index in [2.05, 4.69) is 15.5 Å². The number of anilines is 1. The van der Waals surface area contributed by atoms with Crippen molar-refractivity contribution in [3.63, 3.8) is 0 Å². The summed E-state index contributed by atoms with van der Waals surface area (Å²) < 4.78 is 11.3. The van der Waals surface area contributed by atoms with Crippen LogP contribution in [0.25, 0.3) is 0 Å². The standard InChI is InChI=1S/C22H23N3O5S2/c1-4-14(5-2)19(27)23-21-24-25-22(32-21)31-12-15-10-17(26)18(11-29-15)30-20(28)16-9-7-6-8-13(16)3/h6-11,14H,4-5,12H2,1-3H3,(H,23,24,27). The second kappa shape index (κ2) is 11.1. The number of benzene rings is 1. The van der Waals surface area contributed by atoms with Gasteiger partial charge in [-0.25, -0.2) is 4.79 Å². The molecule has 10 heteroatoms. The Hall–Kier alpha value is -2.98. The lowest BCUT2D eigenvalue weighted by Crippen LogP contribution is -2.21. The molecule has 1 amide bonds. The van der Waals surface area contributed by atoms with E-state index >= 15 is 0 Å². The minimum Gasteiger partial charge on any atom is -0.464 e. The van der Waals surface area contributed by atoms with Gasteiger partial charge >= 0.3 is 5.97 Å². The van der Waals surface area contributed by atoms with Crippen LogP contribution in [0.1, 0.15) is 48.4 Å². The summed E-state index contributed by atoms with van der Waals surface area (Å²) in [6.45, 7) is 5.73. The fourth-order valence-corrected chi connectivity index (χ4v) is 4.51. The number of carbonyl (C=O) groups excluding carboxylic acids is 2. The molecule has 0 saturated heterocycles. The van der Waals surface area contributed by atoms with Crippen molar-refractivity contribution in [2.24, 2.45) is 5.92 Å². The Morgan fingerprint density at radius 2 is 1.97 bits per heavy atom. The zero-order valence-corrected chi connectivity index (χ0v) is 19.5. The molecule has 0 unspecified atom stereocenters. The van der Waals surface area contributed by atoms with Gasteiger partial charge in [-0.3, -0.25) is 9.59 Å². The highest BCUT2D eigenvalue weighted by molar-refractivity contribution is 8.00. The van der Waals surface area contributed by atoms with Crippen molar-refractivity contribution in [3.8, 4) is 5.75 Å². The van der Waals surface area contributed by atoms with E-state index in [1.807, 2.05) is 19.9 Å². The fourth-order valence-electron chi connectivity index (χ4n) is 2.86. The van der Waals surface area contributed by atoms with Gasteiger partial charge in [0.25, 0.3) is 0 Å². The zero-order valence-electron chi connectivity index (χ0n) is 17.9. The molecule has 0 fully saturated rings. The van der Waals surface area contributed by atoms with Crippen molar-refractivity contribution in [2.75, 3.05) is 5.32 Å². The molecule has 0 aliphatic rings. The number of nitrogens with one attached hydrogen (secondary N) is 1. The van der Waals surface area contributed by atoms with Crippen molar-refractivity contribution in [3.05, 3.63) is 63.7 Å². The molecule has 168 valence electrons. The Balaban J connectivity index is 1.58. The van der Waals surface area contributed by atoms with Crippen LogP contribution in [0.3, 0.4) is 0 Å². The number of hydrogen-bond donors (Lipinski definition) is 1. The largest absolute Gasteiger partial charge is 0.464 e. The average molecular weight is 474 g/mol. The summed E-state index contributed by atoms with van der Waals surface area (Å²) in [5.41, 5.74) is 0.682. The van der Waals surface area contributed by atoms with Crippen LogP contribution in [0.15, 0.2) is 50.1 Å². The molecule has 0 radical (unpaired) electrons. The third kappa shape index (κ3) is 6.04. The monoisotopic (exact) mass is 473 g/mol. The quantitative estimate of drug-likeness (QED) is 0.271. The predicted octanol–water partition coefficient (Wildman–Crippen LogP) is 4.69. The number of amides is 1. The van der Waals surface area contributed by atoms with Gasteiger partial charge in [0, 0.05) is 12.0 Å². The van der Waals surface area contributed by atoms with E-state index in [4.69, 9.17) is 9.15 Å². The summed E-state index contributed by atoms with van der Waals surface area (Å²) >= 11 is 2.58. The molecule has 32 heavy (non-hydrogen) atoms. The van der Waals surface area contributed by atoms with E-state index in [1.54, 1.807) is 25.1 Å². The van der Waals surface area contributed by atoms with Crippen molar-refractivity contribution < 1.29 is 18.7 Å². The van der Waals surface area contributed by atoms with Crippen molar-refractivity contribution in [2.45, 2.75) is 43.7 Å². The van der Waals surface area contributed by atoms with Gasteiger partial charge in [0.05, 0.1) is 11.3 Å². The second-order valence-corrected chi connectivity index (χ2v) is 9.14. The van der Waals surface area contributed by atoms with E-state index in [0.717, 1.165) is 24.7 Å². The highest BCUT2D eigenvalue weighted by Gasteiger charge is 2.17. The lowest BCUT2D eigenvalue weighted by atomic mass is 10.0. The summed E-state index contributed by atoms with van der Waals surface area (Å²) in [6.07, 6.45) is 2.66. The first kappa shape index (κ1) is 23.7. The van der Waals surface area contributed by atoms with E-state index in [0.29, 0.717) is 26.5 Å². The van der Waals surface area contributed by atoms with Crippen molar-refractivity contribution in [1.82, 2.24) is 10.2 Å². The predicted molar refractivity (Wildman–Crippen MR) is 123 cm³/mol. The molecule has 3 aromatic rings. The second-order valence-electron chi connectivity index (χ2n) is 6.94. The molecule has 0 bridgehead atoms. The minimum absolute atomic E-state index is 0.0531. The molecule has 2 aromatic heterocycles. The molecule has 8 nitrogen and oxygen atoms in total. The van der Waals surface area contributed by atoms with Gasteiger partial charge in [-0.2, -0.15) is 0 Å². The van der Waals surface area contributed by atoms with Gasteiger partial charge in [-0.15, -0.1) is 10.2 Å². The van der Waals surface area contributed by atoms with Gasteiger partial charge in [0.15, 0.2) is 4.34 Å². The Bertz CT molecular complexity index is 1150. The normalized spacial score (nSPS) is 10.9. The number of carbonyl (C=O) groups is 2. The Morgan fingerprint density at radius 3 is 2.66 bits per heavy atom. The van der Waals surface area contributed by atoms with Crippen LogP contribution in [-0.2, 0) is 10.5 Å². The molecule has 3 rings (SSSR count). The highest BCUT2D eigenvalue weighted by Crippen LogP contribution is 2.29.